The number of carbonyl (C=O) groups is 1. The van der Waals surface area contributed by atoms with Crippen LogP contribution >= 0.6 is 11.8 Å². The number of hydrogen-bond acceptors (Lipinski definition) is 5. The third-order valence-corrected chi connectivity index (χ3v) is 5.77. The number of allylic oxidation sites excluding steroid dienone is 1. The molecule has 0 radical (unpaired) electrons. The Kier molecular flexibility index (Phi) is 4.98. The summed E-state index contributed by atoms with van der Waals surface area (Å²) < 4.78 is 3.39. The molecule has 1 N–H and O–H groups in total. The Hall–Kier alpha value is -2.61. The molecular formula is C19H21N5O2S. The summed E-state index contributed by atoms with van der Waals surface area (Å²) in [6.45, 7) is 4.07. The van der Waals surface area contributed by atoms with Crippen LogP contribution in [-0.4, -0.2) is 36.9 Å². The number of fused-ring (bicyclic) bond motifs is 3. The summed E-state index contributed by atoms with van der Waals surface area (Å²) in [5.74, 6) is 0.733. The molecule has 0 atom stereocenters. The number of rotatable bonds is 6. The van der Waals surface area contributed by atoms with Crippen LogP contribution in [0.25, 0.3) is 16.7 Å². The van der Waals surface area contributed by atoms with Gasteiger partial charge in [0.05, 0.1) is 16.7 Å². The summed E-state index contributed by atoms with van der Waals surface area (Å²) >= 11 is 1.33. The minimum Gasteiger partial charge on any atom is -0.353 e. The molecule has 1 saturated carbocycles. The fraction of sp³-hybridized carbons (Fsp3) is 0.368. The van der Waals surface area contributed by atoms with Crippen LogP contribution in [0.5, 0.6) is 0 Å². The maximum absolute atomic E-state index is 12.8. The van der Waals surface area contributed by atoms with Gasteiger partial charge in [-0.2, -0.15) is 0 Å². The largest absolute Gasteiger partial charge is 0.353 e. The molecule has 1 aliphatic carbocycles. The van der Waals surface area contributed by atoms with Gasteiger partial charge >= 0.3 is 0 Å². The molecule has 0 saturated heterocycles. The summed E-state index contributed by atoms with van der Waals surface area (Å²) in [5.41, 5.74) is 0.613. The first-order valence-corrected chi connectivity index (χ1v) is 10.1. The first-order chi connectivity index (χ1) is 13.2. The second-order valence-electron chi connectivity index (χ2n) is 6.68. The molecule has 0 aliphatic heterocycles. The molecule has 27 heavy (non-hydrogen) atoms. The lowest BCUT2D eigenvalue weighted by molar-refractivity contribution is -0.119. The van der Waals surface area contributed by atoms with Crippen molar-refractivity contribution in [1.82, 2.24) is 24.5 Å². The predicted octanol–water partition coefficient (Wildman–Crippen LogP) is 2.38. The van der Waals surface area contributed by atoms with Gasteiger partial charge in [-0.3, -0.25) is 18.6 Å². The number of para-hydroxylation sites is 1. The lowest BCUT2D eigenvalue weighted by Crippen LogP contribution is -2.33. The molecule has 1 fully saturated rings. The van der Waals surface area contributed by atoms with Crippen molar-refractivity contribution in [2.45, 2.75) is 43.4 Å². The molecule has 7 nitrogen and oxygen atoms in total. The van der Waals surface area contributed by atoms with E-state index in [-0.39, 0.29) is 17.2 Å². The van der Waals surface area contributed by atoms with E-state index < -0.39 is 0 Å². The average Bonchev–Trinajstić information content (AvgIpc) is 3.33. The Labute approximate surface area is 160 Å². The molecule has 3 aromatic rings. The van der Waals surface area contributed by atoms with Crippen molar-refractivity contribution in [1.29, 1.82) is 0 Å². The molecule has 1 amide bonds. The normalized spacial score (nSPS) is 14.8. The van der Waals surface area contributed by atoms with Crippen LogP contribution in [0.3, 0.4) is 0 Å². The first kappa shape index (κ1) is 17.8. The summed E-state index contributed by atoms with van der Waals surface area (Å²) in [5, 5.41) is 12.7. The molecule has 0 spiro atoms. The minimum absolute atomic E-state index is 0.00682. The molecule has 1 aromatic carbocycles. The average molecular weight is 383 g/mol. The minimum atomic E-state index is -0.124. The van der Waals surface area contributed by atoms with E-state index in [1.165, 1.54) is 24.6 Å². The highest BCUT2D eigenvalue weighted by Gasteiger charge is 2.19. The van der Waals surface area contributed by atoms with Crippen molar-refractivity contribution in [3.05, 3.63) is 47.3 Å². The number of amides is 1. The Balaban J connectivity index is 1.68. The second kappa shape index (κ2) is 7.56. The lowest BCUT2D eigenvalue weighted by Gasteiger charge is -2.12. The van der Waals surface area contributed by atoms with Crippen LogP contribution in [-0.2, 0) is 11.3 Å². The van der Waals surface area contributed by atoms with E-state index in [2.05, 4.69) is 22.1 Å². The fourth-order valence-electron chi connectivity index (χ4n) is 3.59. The zero-order chi connectivity index (χ0) is 18.8. The highest BCUT2D eigenvalue weighted by Crippen LogP contribution is 2.22. The van der Waals surface area contributed by atoms with E-state index in [0.717, 1.165) is 18.4 Å². The van der Waals surface area contributed by atoms with Crippen LogP contribution < -0.4 is 10.9 Å². The summed E-state index contributed by atoms with van der Waals surface area (Å²) in [4.78, 5) is 25.0. The van der Waals surface area contributed by atoms with Crippen molar-refractivity contribution in [2.24, 2.45) is 0 Å². The van der Waals surface area contributed by atoms with E-state index in [4.69, 9.17) is 0 Å². The Bertz CT molecular complexity index is 1070. The maximum atomic E-state index is 12.8. The summed E-state index contributed by atoms with van der Waals surface area (Å²) in [6.07, 6.45) is 6.14. The molecular weight excluding hydrogens is 362 g/mol. The molecule has 140 valence electrons. The Morgan fingerprint density at radius 3 is 2.85 bits per heavy atom. The number of hydrogen-bond donors (Lipinski definition) is 1. The zero-order valence-electron chi connectivity index (χ0n) is 14.9. The predicted molar refractivity (Wildman–Crippen MR) is 106 cm³/mol. The van der Waals surface area contributed by atoms with E-state index in [1.54, 1.807) is 16.7 Å². The number of thioether (sulfide) groups is 1. The van der Waals surface area contributed by atoms with Crippen molar-refractivity contribution in [3.63, 3.8) is 0 Å². The Morgan fingerprint density at radius 2 is 2.07 bits per heavy atom. The van der Waals surface area contributed by atoms with E-state index in [9.17, 15) is 9.59 Å². The number of nitrogens with zero attached hydrogens (tertiary/aromatic N) is 4. The van der Waals surface area contributed by atoms with Crippen LogP contribution in [0, 0.1) is 0 Å². The van der Waals surface area contributed by atoms with Crippen molar-refractivity contribution in [3.8, 4) is 0 Å². The molecule has 1 aliphatic rings. The summed E-state index contributed by atoms with van der Waals surface area (Å²) in [6, 6.07) is 7.67. The van der Waals surface area contributed by atoms with Crippen molar-refractivity contribution >= 4 is 34.3 Å². The van der Waals surface area contributed by atoms with Crippen molar-refractivity contribution in [2.75, 3.05) is 5.75 Å². The van der Waals surface area contributed by atoms with Crippen LogP contribution in [0.4, 0.5) is 0 Å². The van der Waals surface area contributed by atoms with Gasteiger partial charge in [-0.05, 0) is 25.0 Å². The van der Waals surface area contributed by atoms with Gasteiger partial charge in [0.1, 0.15) is 0 Å². The quantitative estimate of drug-likeness (QED) is 0.522. The third kappa shape index (κ3) is 3.37. The number of nitrogens with one attached hydrogen (secondary N) is 1. The molecule has 2 aromatic heterocycles. The monoisotopic (exact) mass is 383 g/mol. The fourth-order valence-corrected chi connectivity index (χ4v) is 4.34. The second-order valence-corrected chi connectivity index (χ2v) is 7.62. The number of aromatic nitrogens is 4. The molecule has 0 unspecified atom stereocenters. The van der Waals surface area contributed by atoms with Gasteiger partial charge in [-0.25, -0.2) is 0 Å². The number of benzene rings is 1. The topological polar surface area (TPSA) is 81.3 Å². The van der Waals surface area contributed by atoms with Gasteiger partial charge in [0.2, 0.25) is 11.7 Å². The molecule has 4 rings (SSSR count). The molecule has 0 bridgehead atoms. The maximum Gasteiger partial charge on any atom is 0.263 e. The SMILES string of the molecule is C=CCn1c(=O)c2ccccc2n2c(SCC(=O)NC3CCCC3)nnc12. The van der Waals surface area contributed by atoms with E-state index in [1.807, 2.05) is 22.6 Å². The standard InChI is InChI=1S/C19H21N5O2S/c1-2-11-23-17(26)14-9-5-6-10-15(14)24-18(23)21-22-19(24)27-12-16(25)20-13-7-3-4-8-13/h2,5-6,9-10,13H,1,3-4,7-8,11-12H2,(H,20,25). The number of carbonyl (C=O) groups excluding carboxylic acids is 1. The third-order valence-electron chi connectivity index (χ3n) is 4.84. The van der Waals surface area contributed by atoms with E-state index >= 15 is 0 Å². The van der Waals surface area contributed by atoms with Gasteiger partial charge < -0.3 is 5.32 Å². The summed E-state index contributed by atoms with van der Waals surface area (Å²) in [7, 11) is 0. The highest BCUT2D eigenvalue weighted by atomic mass is 32.2. The zero-order valence-corrected chi connectivity index (χ0v) is 15.7. The van der Waals surface area contributed by atoms with Gasteiger partial charge in [-0.1, -0.05) is 42.8 Å². The van der Waals surface area contributed by atoms with Gasteiger partial charge in [-0.15, -0.1) is 16.8 Å². The van der Waals surface area contributed by atoms with Gasteiger partial charge in [0.15, 0.2) is 5.16 Å². The smallest absolute Gasteiger partial charge is 0.263 e. The van der Waals surface area contributed by atoms with Crippen LogP contribution in [0.2, 0.25) is 0 Å². The highest BCUT2D eigenvalue weighted by molar-refractivity contribution is 7.99. The van der Waals surface area contributed by atoms with Crippen molar-refractivity contribution < 1.29 is 4.79 Å². The van der Waals surface area contributed by atoms with Gasteiger partial charge in [0, 0.05) is 12.6 Å². The lowest BCUT2D eigenvalue weighted by atomic mass is 10.2. The molecule has 2 heterocycles. The van der Waals surface area contributed by atoms with Crippen LogP contribution in [0.1, 0.15) is 25.7 Å². The first-order valence-electron chi connectivity index (χ1n) is 9.09. The van der Waals surface area contributed by atoms with Crippen LogP contribution in [0.15, 0.2) is 46.9 Å². The van der Waals surface area contributed by atoms with Gasteiger partial charge in [0.25, 0.3) is 5.56 Å². The molecule has 8 heteroatoms. The Morgan fingerprint density at radius 1 is 1.30 bits per heavy atom. The van der Waals surface area contributed by atoms with E-state index in [0.29, 0.717) is 28.9 Å².